The first-order valence-corrected chi connectivity index (χ1v) is 14.8. The van der Waals surface area contributed by atoms with Gasteiger partial charge in [0.15, 0.2) is 0 Å². The zero-order valence-electron chi connectivity index (χ0n) is 25.5. The highest BCUT2D eigenvalue weighted by atomic mass is 79.9. The lowest BCUT2D eigenvalue weighted by molar-refractivity contribution is 0.0240. The van der Waals surface area contributed by atoms with Crippen LogP contribution in [-0.2, 0) is 11.3 Å². The molecule has 9 heteroatoms. The number of ether oxygens (including phenoxy) is 3. The third-order valence-electron chi connectivity index (χ3n) is 7.13. The monoisotopic (exact) mass is 637 g/mol. The molecule has 1 aliphatic heterocycles. The number of hydrogen-bond acceptors (Lipinski definition) is 6. The Morgan fingerprint density at radius 1 is 0.857 bits per heavy atom. The number of rotatable bonds is 7. The molecule has 1 fully saturated rings. The molecular formula is C33H40BrN3O5. The maximum absolute atomic E-state index is 14.1. The molecular weight excluding hydrogens is 598 g/mol. The lowest BCUT2D eigenvalue weighted by atomic mass is 10.1. The normalized spacial score (nSPS) is 13.5. The van der Waals surface area contributed by atoms with E-state index in [1.54, 1.807) is 24.0 Å². The topological polar surface area (TPSA) is 71.6 Å². The van der Waals surface area contributed by atoms with Gasteiger partial charge in [0, 0.05) is 42.0 Å². The molecule has 8 nitrogen and oxygen atoms in total. The largest absolute Gasteiger partial charge is 0.496 e. The van der Waals surface area contributed by atoms with Crippen molar-refractivity contribution in [2.75, 3.05) is 50.2 Å². The van der Waals surface area contributed by atoms with Gasteiger partial charge < -0.3 is 28.9 Å². The summed E-state index contributed by atoms with van der Waals surface area (Å²) >= 11 is 3.59. The molecule has 3 aromatic rings. The van der Waals surface area contributed by atoms with Gasteiger partial charge in [0.05, 0.1) is 31.9 Å². The van der Waals surface area contributed by atoms with Crippen LogP contribution in [0.3, 0.4) is 0 Å². The molecule has 1 saturated heterocycles. The molecule has 0 unspecified atom stereocenters. The van der Waals surface area contributed by atoms with E-state index in [0.717, 1.165) is 32.5 Å². The lowest BCUT2D eigenvalue weighted by Crippen LogP contribution is -2.50. The first-order valence-electron chi connectivity index (χ1n) is 14.0. The molecule has 0 atom stereocenters. The number of piperazine rings is 1. The van der Waals surface area contributed by atoms with Crippen LogP contribution >= 0.6 is 15.9 Å². The van der Waals surface area contributed by atoms with Crippen molar-refractivity contribution in [3.63, 3.8) is 0 Å². The molecule has 1 heterocycles. The zero-order chi connectivity index (χ0) is 30.6. The average Bonchev–Trinajstić information content (AvgIpc) is 2.95. The maximum atomic E-state index is 14.1. The summed E-state index contributed by atoms with van der Waals surface area (Å²) in [5.41, 5.74) is 4.65. The fourth-order valence-electron chi connectivity index (χ4n) is 4.97. The van der Waals surface area contributed by atoms with E-state index in [-0.39, 0.29) is 18.5 Å². The predicted octanol–water partition coefficient (Wildman–Crippen LogP) is 6.99. The summed E-state index contributed by atoms with van der Waals surface area (Å²) in [6.07, 6.45) is -0.282. The third kappa shape index (κ3) is 7.37. The van der Waals surface area contributed by atoms with Crippen molar-refractivity contribution in [3.8, 4) is 11.5 Å². The molecule has 0 N–H and O–H groups in total. The second-order valence-corrected chi connectivity index (χ2v) is 12.3. The van der Waals surface area contributed by atoms with Crippen molar-refractivity contribution in [2.45, 2.75) is 46.8 Å². The van der Waals surface area contributed by atoms with Crippen molar-refractivity contribution >= 4 is 39.3 Å². The van der Waals surface area contributed by atoms with Crippen molar-refractivity contribution < 1.29 is 23.8 Å². The summed E-state index contributed by atoms with van der Waals surface area (Å²) in [4.78, 5) is 32.3. The molecule has 0 aromatic heterocycles. The van der Waals surface area contributed by atoms with Crippen molar-refractivity contribution in [3.05, 3.63) is 81.3 Å². The van der Waals surface area contributed by atoms with Crippen LogP contribution in [0.2, 0.25) is 0 Å². The van der Waals surface area contributed by atoms with Gasteiger partial charge in [0.2, 0.25) is 0 Å². The summed E-state index contributed by atoms with van der Waals surface area (Å²) < 4.78 is 17.7. The van der Waals surface area contributed by atoms with Crippen LogP contribution in [0.4, 0.5) is 16.2 Å². The van der Waals surface area contributed by atoms with Gasteiger partial charge in [0.25, 0.3) is 5.91 Å². The maximum Gasteiger partial charge on any atom is 0.410 e. The van der Waals surface area contributed by atoms with Gasteiger partial charge in [-0.15, -0.1) is 0 Å². The first-order chi connectivity index (χ1) is 19.9. The Bertz CT molecular complexity index is 1400. The van der Waals surface area contributed by atoms with Crippen LogP contribution in [0.15, 0.2) is 59.1 Å². The summed E-state index contributed by atoms with van der Waals surface area (Å²) in [5, 5.41) is 0. The zero-order valence-corrected chi connectivity index (χ0v) is 27.1. The quantitative estimate of drug-likeness (QED) is 0.278. The highest BCUT2D eigenvalue weighted by Gasteiger charge is 2.27. The van der Waals surface area contributed by atoms with Crippen LogP contribution in [0.1, 0.15) is 47.8 Å². The van der Waals surface area contributed by atoms with Crippen LogP contribution in [0.25, 0.3) is 0 Å². The van der Waals surface area contributed by atoms with E-state index >= 15 is 0 Å². The lowest BCUT2D eigenvalue weighted by Gasteiger charge is -2.37. The van der Waals surface area contributed by atoms with Crippen molar-refractivity contribution in [1.29, 1.82) is 0 Å². The van der Waals surface area contributed by atoms with E-state index in [0.29, 0.717) is 43.2 Å². The average molecular weight is 639 g/mol. The van der Waals surface area contributed by atoms with Crippen molar-refractivity contribution in [1.82, 2.24) is 4.90 Å². The Morgan fingerprint density at radius 3 is 1.98 bits per heavy atom. The number of anilines is 2. The minimum absolute atomic E-state index is 0.148. The molecule has 42 heavy (non-hydrogen) atoms. The Kier molecular flexibility index (Phi) is 9.71. The fraction of sp³-hybridized carbons (Fsp3) is 0.394. The van der Waals surface area contributed by atoms with E-state index in [9.17, 15) is 9.59 Å². The predicted molar refractivity (Wildman–Crippen MR) is 170 cm³/mol. The number of aryl methyl sites for hydroxylation is 2. The summed E-state index contributed by atoms with van der Waals surface area (Å²) in [5.74, 6) is 1.17. The molecule has 3 aromatic carbocycles. The number of amides is 2. The van der Waals surface area contributed by atoms with Gasteiger partial charge in [0.1, 0.15) is 17.1 Å². The van der Waals surface area contributed by atoms with Gasteiger partial charge >= 0.3 is 6.09 Å². The number of halogens is 1. The highest BCUT2D eigenvalue weighted by Crippen LogP contribution is 2.35. The Hall–Kier alpha value is -3.72. The fourth-order valence-corrected chi connectivity index (χ4v) is 5.63. The molecule has 0 radical (unpaired) electrons. The summed E-state index contributed by atoms with van der Waals surface area (Å²) in [6.45, 7) is 12.4. The minimum Gasteiger partial charge on any atom is -0.496 e. The van der Waals surface area contributed by atoms with E-state index < -0.39 is 5.60 Å². The molecule has 0 aliphatic carbocycles. The van der Waals surface area contributed by atoms with Crippen LogP contribution in [-0.4, -0.2) is 62.9 Å². The minimum atomic E-state index is -0.520. The van der Waals surface area contributed by atoms with E-state index in [1.807, 2.05) is 89.2 Å². The second-order valence-electron chi connectivity index (χ2n) is 11.5. The molecule has 4 rings (SSSR count). The van der Waals surface area contributed by atoms with Crippen LogP contribution < -0.4 is 19.3 Å². The Morgan fingerprint density at radius 2 is 1.45 bits per heavy atom. The molecule has 0 bridgehead atoms. The number of nitrogens with zero attached hydrogens (tertiary/aromatic N) is 3. The smallest absolute Gasteiger partial charge is 0.410 e. The van der Waals surface area contributed by atoms with Gasteiger partial charge in [-0.1, -0.05) is 6.07 Å². The molecule has 0 spiro atoms. The Labute approximate surface area is 257 Å². The number of carbonyl (C=O) groups is 2. The van der Waals surface area contributed by atoms with Gasteiger partial charge in [-0.25, -0.2) is 4.79 Å². The number of hydrogen-bond donors (Lipinski definition) is 0. The van der Waals surface area contributed by atoms with E-state index in [4.69, 9.17) is 14.2 Å². The molecule has 0 saturated carbocycles. The molecule has 224 valence electrons. The van der Waals surface area contributed by atoms with E-state index in [1.165, 1.54) is 0 Å². The van der Waals surface area contributed by atoms with Gasteiger partial charge in [-0.05, 0) is 110 Å². The molecule has 2 amide bonds. The number of carbonyl (C=O) groups excluding carboxylic acids is 2. The van der Waals surface area contributed by atoms with E-state index in [2.05, 4.69) is 20.8 Å². The van der Waals surface area contributed by atoms with Crippen molar-refractivity contribution in [2.24, 2.45) is 0 Å². The standard InChI is InChI=1S/C33H40BrN3O5/c1-22-8-13-26(28(34)18-22)31(38)37(21-27-29(40-6)19-23(2)20-30(27)41-7)25-11-9-24(10-12-25)35-14-16-36(17-15-35)32(39)42-33(3,4)5/h8-13,18-20H,14-17,21H2,1-7H3. The number of benzene rings is 3. The number of methoxy groups -OCH3 is 2. The van der Waals surface area contributed by atoms with Gasteiger partial charge in [-0.3, -0.25) is 4.79 Å². The van der Waals surface area contributed by atoms with Crippen LogP contribution in [0.5, 0.6) is 11.5 Å². The highest BCUT2D eigenvalue weighted by molar-refractivity contribution is 9.10. The third-order valence-corrected chi connectivity index (χ3v) is 7.78. The Balaban J connectivity index is 1.61. The van der Waals surface area contributed by atoms with Gasteiger partial charge in [-0.2, -0.15) is 0 Å². The molecule has 1 aliphatic rings. The summed E-state index contributed by atoms with van der Waals surface area (Å²) in [7, 11) is 3.25. The van der Waals surface area contributed by atoms with Crippen LogP contribution in [0, 0.1) is 13.8 Å². The second kappa shape index (κ2) is 13.1. The summed E-state index contributed by atoms with van der Waals surface area (Å²) in [6, 6.07) is 17.6. The first kappa shape index (κ1) is 31.2. The SMILES string of the molecule is COc1cc(C)cc(OC)c1CN(C(=O)c1ccc(C)cc1Br)c1ccc(N2CCN(C(=O)OC(C)(C)C)CC2)cc1.